The lowest BCUT2D eigenvalue weighted by molar-refractivity contribution is 0.102. The second kappa shape index (κ2) is 9.12. The van der Waals surface area contributed by atoms with Crippen molar-refractivity contribution in [1.82, 2.24) is 14.9 Å². The number of aryl methyl sites for hydroxylation is 1. The summed E-state index contributed by atoms with van der Waals surface area (Å²) in [5.74, 6) is 0.305. The molecule has 152 valence electrons. The number of anilines is 1. The Hall–Kier alpha value is -2.82. The first kappa shape index (κ1) is 20.9. The van der Waals surface area contributed by atoms with Crippen molar-refractivity contribution >= 4 is 32.4 Å². The summed E-state index contributed by atoms with van der Waals surface area (Å²) in [6.07, 6.45) is 0. The Bertz CT molecular complexity index is 1080. The van der Waals surface area contributed by atoms with Gasteiger partial charge in [-0.15, -0.1) is 10.2 Å². The van der Waals surface area contributed by atoms with Crippen molar-refractivity contribution in [3.63, 3.8) is 0 Å². The van der Waals surface area contributed by atoms with E-state index in [-0.39, 0.29) is 16.1 Å². The third-order valence-electron chi connectivity index (χ3n) is 3.83. The predicted molar refractivity (Wildman–Crippen MR) is 111 cm³/mol. The van der Waals surface area contributed by atoms with Crippen LogP contribution in [0, 0.1) is 6.92 Å². The van der Waals surface area contributed by atoms with Crippen LogP contribution in [0.15, 0.2) is 58.9 Å². The molecule has 0 aliphatic carbocycles. The summed E-state index contributed by atoms with van der Waals surface area (Å²) in [6.45, 7) is 3.76. The zero-order valence-corrected chi connectivity index (χ0v) is 17.5. The van der Waals surface area contributed by atoms with Crippen LogP contribution in [0.3, 0.4) is 0 Å². The molecule has 8 nitrogen and oxygen atoms in total. The number of hydrogen-bond donors (Lipinski definition) is 2. The summed E-state index contributed by atoms with van der Waals surface area (Å²) in [6, 6.07) is 15.5. The maximum Gasteiger partial charge on any atom is 0.270 e. The summed E-state index contributed by atoms with van der Waals surface area (Å²) in [7, 11) is -3.89. The summed E-state index contributed by atoms with van der Waals surface area (Å²) >= 11 is 0.776. The van der Waals surface area contributed by atoms with E-state index in [1.54, 1.807) is 37.3 Å². The largest absolute Gasteiger partial charge is 0.492 e. The van der Waals surface area contributed by atoms with Gasteiger partial charge in [0.05, 0.1) is 6.04 Å². The molecule has 1 aromatic heterocycles. The molecule has 2 aromatic carbocycles. The highest BCUT2D eigenvalue weighted by Gasteiger charge is 2.23. The summed E-state index contributed by atoms with van der Waals surface area (Å²) in [5.41, 5.74) is 1.40. The van der Waals surface area contributed by atoms with E-state index in [0.29, 0.717) is 11.3 Å². The molecule has 1 amide bonds. The van der Waals surface area contributed by atoms with Gasteiger partial charge in [-0.05, 0) is 37.6 Å². The molecular weight excluding hydrogens is 412 g/mol. The van der Waals surface area contributed by atoms with Crippen molar-refractivity contribution in [1.29, 1.82) is 0 Å². The minimum Gasteiger partial charge on any atom is -0.492 e. The smallest absolute Gasteiger partial charge is 0.270 e. The minimum atomic E-state index is -3.89. The molecule has 0 spiro atoms. The summed E-state index contributed by atoms with van der Waals surface area (Å²) in [5, 5.41) is 10.1. The molecule has 0 saturated carbocycles. The topological polar surface area (TPSA) is 110 Å². The van der Waals surface area contributed by atoms with Gasteiger partial charge in [0, 0.05) is 5.56 Å². The molecule has 0 saturated heterocycles. The van der Waals surface area contributed by atoms with E-state index in [0.717, 1.165) is 16.9 Å². The number of nitrogens with zero attached hydrogens (tertiary/aromatic N) is 2. The van der Waals surface area contributed by atoms with Gasteiger partial charge in [0.15, 0.2) is 0 Å². The molecule has 0 aliphatic heterocycles. The molecule has 29 heavy (non-hydrogen) atoms. The quantitative estimate of drug-likeness (QED) is 0.530. The van der Waals surface area contributed by atoms with Crippen LogP contribution in [-0.4, -0.2) is 37.2 Å². The first-order valence-electron chi connectivity index (χ1n) is 8.76. The second-order valence-electron chi connectivity index (χ2n) is 6.29. The maximum absolute atomic E-state index is 12.5. The number of nitrogens with one attached hydrogen (secondary N) is 2. The number of para-hydroxylation sites is 1. The normalized spacial score (nSPS) is 12.3. The van der Waals surface area contributed by atoms with Gasteiger partial charge in [-0.25, -0.2) is 13.1 Å². The lowest BCUT2D eigenvalue weighted by Crippen LogP contribution is -2.36. The lowest BCUT2D eigenvalue weighted by atomic mass is 10.2. The van der Waals surface area contributed by atoms with E-state index in [1.165, 1.54) is 0 Å². The van der Waals surface area contributed by atoms with Crippen molar-refractivity contribution in [2.24, 2.45) is 0 Å². The first-order chi connectivity index (χ1) is 13.8. The fourth-order valence-electron chi connectivity index (χ4n) is 2.41. The number of carbonyl (C=O) groups is 1. The predicted octanol–water partition coefficient (Wildman–Crippen LogP) is 2.84. The highest BCUT2D eigenvalue weighted by Crippen LogP contribution is 2.21. The van der Waals surface area contributed by atoms with Crippen molar-refractivity contribution in [3.8, 4) is 5.75 Å². The van der Waals surface area contributed by atoms with Crippen LogP contribution in [0.5, 0.6) is 5.75 Å². The Balaban J connectivity index is 1.59. The fraction of sp³-hybridized carbons (Fsp3) is 0.211. The Morgan fingerprint density at radius 3 is 2.52 bits per heavy atom. The number of carbonyl (C=O) groups excluding carboxylic acids is 1. The zero-order valence-electron chi connectivity index (χ0n) is 15.8. The van der Waals surface area contributed by atoms with Crippen molar-refractivity contribution < 1.29 is 17.9 Å². The number of benzene rings is 2. The van der Waals surface area contributed by atoms with Gasteiger partial charge >= 0.3 is 0 Å². The van der Waals surface area contributed by atoms with E-state index in [1.807, 2.05) is 31.2 Å². The Morgan fingerprint density at radius 1 is 1.10 bits per heavy atom. The van der Waals surface area contributed by atoms with Crippen LogP contribution < -0.4 is 14.8 Å². The summed E-state index contributed by atoms with van der Waals surface area (Å²) < 4.78 is 33.0. The van der Waals surface area contributed by atoms with Crippen LogP contribution in [0.2, 0.25) is 0 Å². The molecular formula is C19H20N4O4S2. The second-order valence-corrected chi connectivity index (χ2v) is 9.16. The van der Waals surface area contributed by atoms with Crippen LogP contribution in [0.25, 0.3) is 0 Å². The van der Waals surface area contributed by atoms with Crippen molar-refractivity contribution in [3.05, 3.63) is 65.7 Å². The molecule has 1 heterocycles. The fourth-order valence-corrected chi connectivity index (χ4v) is 4.55. The van der Waals surface area contributed by atoms with Gasteiger partial charge in [0.2, 0.25) is 9.47 Å². The van der Waals surface area contributed by atoms with Gasteiger partial charge in [-0.1, -0.05) is 47.7 Å². The van der Waals surface area contributed by atoms with Gasteiger partial charge in [0.1, 0.15) is 12.4 Å². The molecule has 1 atom stereocenters. The standard InChI is InChI=1S/C19H20N4O4S2/c1-13-8-6-7-11-16(13)27-12-14(2)23-29(25,26)19-22-21-18(28-19)20-17(24)15-9-4-3-5-10-15/h3-11,14,23H,12H2,1-2H3,(H,20,21,24). The van der Waals surface area contributed by atoms with Gasteiger partial charge in [-0.3, -0.25) is 10.1 Å². The Morgan fingerprint density at radius 2 is 1.79 bits per heavy atom. The highest BCUT2D eigenvalue weighted by atomic mass is 32.2. The molecule has 0 bridgehead atoms. The Labute approximate surface area is 173 Å². The number of ether oxygens (including phenoxy) is 1. The molecule has 10 heteroatoms. The van der Waals surface area contributed by atoms with Crippen molar-refractivity contribution in [2.45, 2.75) is 24.2 Å². The van der Waals surface area contributed by atoms with Gasteiger partial charge in [0.25, 0.3) is 15.9 Å². The molecule has 0 fully saturated rings. The van der Waals surface area contributed by atoms with E-state index in [4.69, 9.17) is 4.74 Å². The van der Waals surface area contributed by atoms with E-state index >= 15 is 0 Å². The van der Waals surface area contributed by atoms with Crippen LogP contribution >= 0.6 is 11.3 Å². The average Bonchev–Trinajstić information content (AvgIpc) is 3.17. The molecule has 0 aliphatic rings. The number of aromatic nitrogens is 2. The van der Waals surface area contributed by atoms with Gasteiger partial charge < -0.3 is 4.74 Å². The molecule has 0 radical (unpaired) electrons. The van der Waals surface area contributed by atoms with E-state index in [9.17, 15) is 13.2 Å². The molecule has 3 aromatic rings. The van der Waals surface area contributed by atoms with Gasteiger partial charge in [-0.2, -0.15) is 0 Å². The number of hydrogen-bond acceptors (Lipinski definition) is 7. The average molecular weight is 433 g/mol. The SMILES string of the molecule is Cc1ccccc1OCC(C)NS(=O)(=O)c1nnc(NC(=O)c2ccccc2)s1. The number of sulfonamides is 1. The molecule has 1 unspecified atom stereocenters. The first-order valence-corrected chi connectivity index (χ1v) is 11.1. The van der Waals surface area contributed by atoms with E-state index in [2.05, 4.69) is 20.2 Å². The monoisotopic (exact) mass is 432 g/mol. The van der Waals surface area contributed by atoms with Crippen molar-refractivity contribution in [2.75, 3.05) is 11.9 Å². The van der Waals surface area contributed by atoms with Crippen LogP contribution in [-0.2, 0) is 10.0 Å². The molecule has 3 rings (SSSR count). The zero-order chi connectivity index (χ0) is 20.9. The third kappa shape index (κ3) is 5.59. The number of amides is 1. The lowest BCUT2D eigenvalue weighted by Gasteiger charge is -2.15. The minimum absolute atomic E-state index is 0.100. The summed E-state index contributed by atoms with van der Waals surface area (Å²) in [4.78, 5) is 12.1. The number of rotatable bonds is 8. The third-order valence-corrected chi connectivity index (χ3v) is 6.63. The highest BCUT2D eigenvalue weighted by molar-refractivity contribution is 7.91. The van der Waals surface area contributed by atoms with Crippen LogP contribution in [0.1, 0.15) is 22.8 Å². The van der Waals surface area contributed by atoms with E-state index < -0.39 is 22.0 Å². The maximum atomic E-state index is 12.5. The van der Waals surface area contributed by atoms with Crippen LogP contribution in [0.4, 0.5) is 5.13 Å². The Kier molecular flexibility index (Phi) is 6.57. The molecule has 2 N–H and O–H groups in total.